The molecule has 0 radical (unpaired) electrons. The first-order valence-electron chi connectivity index (χ1n) is 11.3. The third kappa shape index (κ3) is 3.62. The minimum Gasteiger partial charge on any atom is -0.338 e. The van der Waals surface area contributed by atoms with Crippen LogP contribution >= 0.6 is 15.9 Å². The molecule has 6 nitrogen and oxygen atoms in total. The molecule has 1 saturated heterocycles. The SMILES string of the molecule is CCC1CC(C)CN1c1nnc(-c2cc(Br)cc3c2CC(=O)N3C)n1Cc1ccccc1. The van der Waals surface area contributed by atoms with Gasteiger partial charge >= 0.3 is 0 Å². The highest BCUT2D eigenvalue weighted by Crippen LogP contribution is 2.40. The molecular formula is C25H28BrN5O. The molecule has 1 amide bonds. The smallest absolute Gasteiger partial charge is 0.231 e. The van der Waals surface area contributed by atoms with E-state index in [2.05, 4.69) is 69.6 Å². The summed E-state index contributed by atoms with van der Waals surface area (Å²) < 4.78 is 3.17. The van der Waals surface area contributed by atoms with Crippen LogP contribution in [0.15, 0.2) is 46.9 Å². The summed E-state index contributed by atoms with van der Waals surface area (Å²) in [6.07, 6.45) is 2.65. The topological polar surface area (TPSA) is 54.3 Å². The quantitative estimate of drug-likeness (QED) is 0.507. The second-order valence-corrected chi connectivity index (χ2v) is 9.95. The Hall–Kier alpha value is -2.67. The summed E-state index contributed by atoms with van der Waals surface area (Å²) >= 11 is 3.65. The second kappa shape index (κ2) is 8.35. The molecule has 0 bridgehead atoms. The summed E-state index contributed by atoms with van der Waals surface area (Å²) in [5.41, 5.74) is 4.14. The predicted octanol–water partition coefficient (Wildman–Crippen LogP) is 4.90. The molecule has 2 aliphatic rings. The molecule has 2 atom stereocenters. The lowest BCUT2D eigenvalue weighted by atomic mass is 10.0. The lowest BCUT2D eigenvalue weighted by molar-refractivity contribution is -0.117. The van der Waals surface area contributed by atoms with Gasteiger partial charge in [0.05, 0.1) is 13.0 Å². The molecule has 7 heteroatoms. The Morgan fingerprint density at radius 2 is 1.94 bits per heavy atom. The summed E-state index contributed by atoms with van der Waals surface area (Å²) in [5.74, 6) is 2.48. The van der Waals surface area contributed by atoms with Crippen LogP contribution in [0.2, 0.25) is 0 Å². The Morgan fingerprint density at radius 1 is 1.16 bits per heavy atom. The van der Waals surface area contributed by atoms with E-state index in [0.29, 0.717) is 24.9 Å². The van der Waals surface area contributed by atoms with Crippen LogP contribution in [0.25, 0.3) is 11.4 Å². The molecule has 3 aromatic rings. The van der Waals surface area contributed by atoms with E-state index >= 15 is 0 Å². The maximum absolute atomic E-state index is 12.5. The number of likely N-dealkylation sites (N-methyl/N-ethyl adjacent to an activating group) is 1. The fourth-order valence-electron chi connectivity index (χ4n) is 5.11. The summed E-state index contributed by atoms with van der Waals surface area (Å²) in [5, 5.41) is 9.43. The average Bonchev–Trinajstić information content (AvgIpc) is 3.44. The summed E-state index contributed by atoms with van der Waals surface area (Å²) in [7, 11) is 1.84. The normalized spacial score (nSPS) is 20.3. The Balaban J connectivity index is 1.67. The zero-order valence-corrected chi connectivity index (χ0v) is 20.3. The van der Waals surface area contributed by atoms with Gasteiger partial charge in [-0.05, 0) is 42.0 Å². The number of rotatable bonds is 5. The molecule has 1 fully saturated rings. The Labute approximate surface area is 197 Å². The zero-order valence-electron chi connectivity index (χ0n) is 18.8. The molecule has 0 N–H and O–H groups in total. The van der Waals surface area contributed by atoms with Gasteiger partial charge in [0.15, 0.2) is 5.82 Å². The van der Waals surface area contributed by atoms with Crippen molar-refractivity contribution in [2.45, 2.75) is 45.7 Å². The van der Waals surface area contributed by atoms with Gasteiger partial charge in [-0.25, -0.2) is 0 Å². The second-order valence-electron chi connectivity index (χ2n) is 9.03. The van der Waals surface area contributed by atoms with Gasteiger partial charge in [-0.1, -0.05) is 60.1 Å². The van der Waals surface area contributed by atoms with E-state index in [4.69, 9.17) is 10.2 Å². The Morgan fingerprint density at radius 3 is 2.69 bits per heavy atom. The van der Waals surface area contributed by atoms with E-state index < -0.39 is 0 Å². The number of carbonyl (C=O) groups excluding carboxylic acids is 1. The van der Waals surface area contributed by atoms with Gasteiger partial charge < -0.3 is 9.80 Å². The van der Waals surface area contributed by atoms with Crippen molar-refractivity contribution in [3.05, 3.63) is 58.1 Å². The van der Waals surface area contributed by atoms with Crippen LogP contribution in [0, 0.1) is 5.92 Å². The van der Waals surface area contributed by atoms with Crippen molar-refractivity contribution in [3.8, 4) is 11.4 Å². The van der Waals surface area contributed by atoms with Crippen molar-refractivity contribution in [2.75, 3.05) is 23.4 Å². The highest BCUT2D eigenvalue weighted by atomic mass is 79.9. The van der Waals surface area contributed by atoms with E-state index in [1.54, 1.807) is 4.90 Å². The minimum atomic E-state index is 0.105. The number of hydrogen-bond acceptors (Lipinski definition) is 4. The fourth-order valence-corrected chi connectivity index (χ4v) is 5.56. The van der Waals surface area contributed by atoms with Crippen LogP contribution in [0.4, 0.5) is 11.6 Å². The van der Waals surface area contributed by atoms with Crippen molar-refractivity contribution in [1.82, 2.24) is 14.8 Å². The fraction of sp³-hybridized carbons (Fsp3) is 0.400. The standard InChI is InChI=1S/C25H28BrN5O/c1-4-19-10-16(2)14-30(19)25-28-27-24(31(25)15-17-8-6-5-7-9-17)21-11-18(26)12-22-20(21)13-23(32)29(22)3/h5-9,11-12,16,19H,4,10,13-15H2,1-3H3. The minimum absolute atomic E-state index is 0.105. The maximum Gasteiger partial charge on any atom is 0.231 e. The number of anilines is 2. The average molecular weight is 494 g/mol. The molecule has 0 saturated carbocycles. The molecule has 5 rings (SSSR count). The van der Waals surface area contributed by atoms with E-state index in [1.807, 2.05) is 19.2 Å². The predicted molar refractivity (Wildman–Crippen MR) is 131 cm³/mol. The largest absolute Gasteiger partial charge is 0.338 e. The van der Waals surface area contributed by atoms with Crippen LogP contribution < -0.4 is 9.80 Å². The Bertz CT molecular complexity index is 1160. The number of aromatic nitrogens is 3. The number of hydrogen-bond donors (Lipinski definition) is 0. The number of benzene rings is 2. The monoisotopic (exact) mass is 493 g/mol. The molecular weight excluding hydrogens is 466 g/mol. The number of halogens is 1. The van der Waals surface area contributed by atoms with E-state index in [9.17, 15) is 4.79 Å². The lowest BCUT2D eigenvalue weighted by Gasteiger charge is -2.25. The van der Waals surface area contributed by atoms with E-state index in [0.717, 1.165) is 46.0 Å². The molecule has 2 aromatic carbocycles. The Kier molecular flexibility index (Phi) is 5.53. The molecule has 32 heavy (non-hydrogen) atoms. The summed E-state index contributed by atoms with van der Waals surface area (Å²) in [4.78, 5) is 16.7. The van der Waals surface area contributed by atoms with Gasteiger partial charge in [-0.2, -0.15) is 0 Å². The van der Waals surface area contributed by atoms with E-state index in [1.165, 1.54) is 12.0 Å². The number of amides is 1. The van der Waals surface area contributed by atoms with Crippen LogP contribution in [0.5, 0.6) is 0 Å². The van der Waals surface area contributed by atoms with Gasteiger partial charge in [-0.15, -0.1) is 10.2 Å². The highest BCUT2D eigenvalue weighted by molar-refractivity contribution is 9.10. The molecule has 0 spiro atoms. The number of fused-ring (bicyclic) bond motifs is 1. The molecule has 3 heterocycles. The van der Waals surface area contributed by atoms with Crippen LogP contribution in [0.1, 0.15) is 37.8 Å². The molecule has 2 aliphatic heterocycles. The van der Waals surface area contributed by atoms with Crippen molar-refractivity contribution in [3.63, 3.8) is 0 Å². The number of carbonyl (C=O) groups is 1. The zero-order chi connectivity index (χ0) is 22.4. The third-order valence-electron chi connectivity index (χ3n) is 6.76. The van der Waals surface area contributed by atoms with Gasteiger partial charge in [0.2, 0.25) is 11.9 Å². The van der Waals surface area contributed by atoms with Crippen LogP contribution in [-0.2, 0) is 17.8 Å². The first-order chi connectivity index (χ1) is 15.5. The van der Waals surface area contributed by atoms with Crippen LogP contribution in [-0.4, -0.2) is 40.3 Å². The summed E-state index contributed by atoms with van der Waals surface area (Å²) in [6, 6.07) is 15.0. The van der Waals surface area contributed by atoms with Crippen molar-refractivity contribution in [2.24, 2.45) is 5.92 Å². The first kappa shape index (κ1) is 21.2. The van der Waals surface area contributed by atoms with Crippen molar-refractivity contribution < 1.29 is 4.79 Å². The van der Waals surface area contributed by atoms with Crippen molar-refractivity contribution in [1.29, 1.82) is 0 Å². The van der Waals surface area contributed by atoms with Gasteiger partial charge in [-0.3, -0.25) is 9.36 Å². The molecule has 166 valence electrons. The van der Waals surface area contributed by atoms with E-state index in [-0.39, 0.29) is 5.91 Å². The lowest BCUT2D eigenvalue weighted by Crippen LogP contribution is -2.31. The summed E-state index contributed by atoms with van der Waals surface area (Å²) in [6.45, 7) is 6.23. The number of nitrogens with zero attached hydrogens (tertiary/aromatic N) is 5. The molecule has 1 aromatic heterocycles. The molecule has 2 unspecified atom stereocenters. The third-order valence-corrected chi connectivity index (χ3v) is 7.22. The van der Waals surface area contributed by atoms with Gasteiger partial charge in [0.1, 0.15) is 0 Å². The highest BCUT2D eigenvalue weighted by Gasteiger charge is 2.34. The van der Waals surface area contributed by atoms with Crippen LogP contribution in [0.3, 0.4) is 0 Å². The van der Waals surface area contributed by atoms with Gasteiger partial charge in [0.25, 0.3) is 0 Å². The van der Waals surface area contributed by atoms with Crippen molar-refractivity contribution >= 4 is 33.5 Å². The first-order valence-corrected chi connectivity index (χ1v) is 12.1. The molecule has 0 aliphatic carbocycles. The van der Waals surface area contributed by atoms with Gasteiger partial charge in [0, 0.05) is 35.4 Å². The maximum atomic E-state index is 12.5.